The number of rotatable bonds is 6. The summed E-state index contributed by atoms with van der Waals surface area (Å²) in [6, 6.07) is 0. The summed E-state index contributed by atoms with van der Waals surface area (Å²) >= 11 is 0. The van der Waals surface area contributed by atoms with Crippen LogP contribution in [0, 0.1) is 0 Å². The number of hydrogen-bond donors (Lipinski definition) is 0. The standard InChI is InChI=1S/C10H18O3/c1-5-7-12-8-9(11)13-10(3,4)6-2/h5H,1,6-8H2,2-4H3. The van der Waals surface area contributed by atoms with E-state index in [1.165, 1.54) is 0 Å². The molecule has 0 radical (unpaired) electrons. The fourth-order valence-corrected chi connectivity index (χ4v) is 0.635. The molecule has 0 saturated carbocycles. The van der Waals surface area contributed by atoms with Crippen molar-refractivity contribution >= 4 is 5.97 Å². The van der Waals surface area contributed by atoms with Gasteiger partial charge in [-0.05, 0) is 20.3 Å². The van der Waals surface area contributed by atoms with E-state index in [9.17, 15) is 4.79 Å². The van der Waals surface area contributed by atoms with E-state index in [0.717, 1.165) is 6.42 Å². The Balaban J connectivity index is 3.67. The summed E-state index contributed by atoms with van der Waals surface area (Å²) < 4.78 is 10.1. The highest BCUT2D eigenvalue weighted by Crippen LogP contribution is 2.13. The lowest BCUT2D eigenvalue weighted by molar-refractivity contribution is -0.161. The molecule has 3 nitrogen and oxygen atoms in total. The van der Waals surface area contributed by atoms with Crippen molar-refractivity contribution in [3.05, 3.63) is 12.7 Å². The average molecular weight is 186 g/mol. The van der Waals surface area contributed by atoms with E-state index in [4.69, 9.17) is 9.47 Å². The van der Waals surface area contributed by atoms with Gasteiger partial charge >= 0.3 is 5.97 Å². The minimum absolute atomic E-state index is 0.00451. The summed E-state index contributed by atoms with van der Waals surface area (Å²) in [6.45, 7) is 9.56. The zero-order chi connectivity index (χ0) is 10.3. The number of hydrogen-bond acceptors (Lipinski definition) is 3. The molecule has 0 rings (SSSR count). The monoisotopic (exact) mass is 186 g/mol. The molecule has 0 fully saturated rings. The molecule has 0 aromatic carbocycles. The van der Waals surface area contributed by atoms with Crippen molar-refractivity contribution in [3.63, 3.8) is 0 Å². The van der Waals surface area contributed by atoms with Crippen LogP contribution < -0.4 is 0 Å². The molecule has 0 amide bonds. The van der Waals surface area contributed by atoms with Crippen LogP contribution in [0.3, 0.4) is 0 Å². The van der Waals surface area contributed by atoms with Gasteiger partial charge in [-0.25, -0.2) is 4.79 Å². The molecule has 0 aromatic rings. The third kappa shape index (κ3) is 6.34. The summed E-state index contributed by atoms with van der Waals surface area (Å²) in [5.74, 6) is -0.325. The third-order valence-electron chi connectivity index (χ3n) is 1.70. The molecule has 0 aliphatic heterocycles. The van der Waals surface area contributed by atoms with Gasteiger partial charge in [0.05, 0.1) is 6.61 Å². The highest BCUT2D eigenvalue weighted by molar-refractivity contribution is 5.71. The molecular weight excluding hydrogens is 168 g/mol. The molecule has 0 bridgehead atoms. The molecule has 13 heavy (non-hydrogen) atoms. The molecule has 0 spiro atoms. The predicted molar refractivity (Wildman–Crippen MR) is 51.5 cm³/mol. The van der Waals surface area contributed by atoms with E-state index < -0.39 is 5.60 Å². The van der Waals surface area contributed by atoms with Gasteiger partial charge in [0.1, 0.15) is 12.2 Å². The molecule has 0 aliphatic rings. The van der Waals surface area contributed by atoms with E-state index in [-0.39, 0.29) is 12.6 Å². The minimum Gasteiger partial charge on any atom is -0.458 e. The third-order valence-corrected chi connectivity index (χ3v) is 1.70. The minimum atomic E-state index is -0.394. The van der Waals surface area contributed by atoms with Crippen LogP contribution in [0.4, 0.5) is 0 Å². The van der Waals surface area contributed by atoms with Crippen molar-refractivity contribution in [1.82, 2.24) is 0 Å². The van der Waals surface area contributed by atoms with Gasteiger partial charge in [0.2, 0.25) is 0 Å². The van der Waals surface area contributed by atoms with Crippen molar-refractivity contribution in [3.8, 4) is 0 Å². The summed E-state index contributed by atoms with van der Waals surface area (Å²) in [5, 5.41) is 0. The summed E-state index contributed by atoms with van der Waals surface area (Å²) in [6.07, 6.45) is 2.39. The predicted octanol–water partition coefficient (Wildman–Crippen LogP) is 1.92. The van der Waals surface area contributed by atoms with Gasteiger partial charge in [0.15, 0.2) is 0 Å². The average Bonchev–Trinajstić information content (AvgIpc) is 2.04. The van der Waals surface area contributed by atoms with Gasteiger partial charge in [-0.3, -0.25) is 0 Å². The zero-order valence-corrected chi connectivity index (χ0v) is 8.63. The van der Waals surface area contributed by atoms with Gasteiger partial charge in [-0.15, -0.1) is 6.58 Å². The largest absolute Gasteiger partial charge is 0.458 e. The Morgan fingerprint density at radius 3 is 2.62 bits per heavy atom. The lowest BCUT2D eigenvalue weighted by atomic mass is 10.1. The topological polar surface area (TPSA) is 35.5 Å². The molecule has 0 aliphatic carbocycles. The number of carbonyl (C=O) groups excluding carboxylic acids is 1. The van der Waals surface area contributed by atoms with Crippen LogP contribution >= 0.6 is 0 Å². The first-order valence-corrected chi connectivity index (χ1v) is 4.42. The first kappa shape index (κ1) is 12.2. The Morgan fingerprint density at radius 2 is 2.15 bits per heavy atom. The smallest absolute Gasteiger partial charge is 0.332 e. The first-order chi connectivity index (χ1) is 6.02. The van der Waals surface area contributed by atoms with E-state index in [1.54, 1.807) is 6.08 Å². The summed E-state index contributed by atoms with van der Waals surface area (Å²) in [7, 11) is 0. The van der Waals surface area contributed by atoms with Crippen molar-refractivity contribution in [2.45, 2.75) is 32.8 Å². The maximum atomic E-state index is 11.1. The van der Waals surface area contributed by atoms with Crippen molar-refractivity contribution in [1.29, 1.82) is 0 Å². The SMILES string of the molecule is C=CCOCC(=O)OC(C)(C)CC. The zero-order valence-electron chi connectivity index (χ0n) is 8.63. The van der Waals surface area contributed by atoms with Gasteiger partial charge in [-0.2, -0.15) is 0 Å². The molecule has 0 N–H and O–H groups in total. The maximum Gasteiger partial charge on any atom is 0.332 e. The maximum absolute atomic E-state index is 11.1. The Morgan fingerprint density at radius 1 is 1.54 bits per heavy atom. The molecule has 76 valence electrons. The van der Waals surface area contributed by atoms with E-state index in [0.29, 0.717) is 6.61 Å². The van der Waals surface area contributed by atoms with Crippen LogP contribution in [0.15, 0.2) is 12.7 Å². The van der Waals surface area contributed by atoms with Gasteiger partial charge < -0.3 is 9.47 Å². The van der Waals surface area contributed by atoms with Crippen molar-refractivity contribution in [2.75, 3.05) is 13.2 Å². The molecular formula is C10H18O3. The highest BCUT2D eigenvalue weighted by Gasteiger charge is 2.19. The fraction of sp³-hybridized carbons (Fsp3) is 0.700. The van der Waals surface area contributed by atoms with E-state index in [1.807, 2.05) is 20.8 Å². The van der Waals surface area contributed by atoms with Gasteiger partial charge in [0.25, 0.3) is 0 Å². The molecule has 0 unspecified atom stereocenters. The lowest BCUT2D eigenvalue weighted by Crippen LogP contribution is -2.29. The molecule has 0 heterocycles. The van der Waals surface area contributed by atoms with Crippen LogP contribution in [0.2, 0.25) is 0 Å². The quantitative estimate of drug-likeness (QED) is 0.361. The molecule has 0 aromatic heterocycles. The van der Waals surface area contributed by atoms with Crippen LogP contribution in [-0.2, 0) is 14.3 Å². The Bertz CT molecular complexity index is 173. The Kier molecular flexibility index (Phi) is 5.39. The van der Waals surface area contributed by atoms with Crippen LogP contribution in [0.5, 0.6) is 0 Å². The van der Waals surface area contributed by atoms with E-state index in [2.05, 4.69) is 6.58 Å². The second kappa shape index (κ2) is 5.75. The normalized spacial score (nSPS) is 11.0. The molecule has 0 saturated heterocycles. The van der Waals surface area contributed by atoms with Crippen LogP contribution in [0.25, 0.3) is 0 Å². The Hall–Kier alpha value is -0.830. The number of esters is 1. The Labute approximate surface area is 79.7 Å². The summed E-state index contributed by atoms with van der Waals surface area (Å²) in [5.41, 5.74) is -0.394. The molecule has 0 atom stereocenters. The van der Waals surface area contributed by atoms with Gasteiger partial charge in [-0.1, -0.05) is 13.0 Å². The first-order valence-electron chi connectivity index (χ1n) is 4.42. The van der Waals surface area contributed by atoms with E-state index >= 15 is 0 Å². The lowest BCUT2D eigenvalue weighted by Gasteiger charge is -2.22. The second-order valence-corrected chi connectivity index (χ2v) is 3.39. The van der Waals surface area contributed by atoms with Crippen molar-refractivity contribution in [2.24, 2.45) is 0 Å². The number of ether oxygens (including phenoxy) is 2. The number of carbonyl (C=O) groups is 1. The summed E-state index contributed by atoms with van der Waals surface area (Å²) in [4.78, 5) is 11.1. The molecule has 3 heteroatoms. The van der Waals surface area contributed by atoms with Crippen molar-refractivity contribution < 1.29 is 14.3 Å². The highest BCUT2D eigenvalue weighted by atomic mass is 16.6. The fourth-order valence-electron chi connectivity index (χ4n) is 0.635. The second-order valence-electron chi connectivity index (χ2n) is 3.39. The van der Waals surface area contributed by atoms with Crippen LogP contribution in [0.1, 0.15) is 27.2 Å². The van der Waals surface area contributed by atoms with Gasteiger partial charge in [0, 0.05) is 0 Å². The van der Waals surface area contributed by atoms with Crippen LogP contribution in [-0.4, -0.2) is 24.8 Å².